The van der Waals surface area contributed by atoms with E-state index in [1.807, 2.05) is 0 Å². The molecule has 0 radical (unpaired) electrons. The zero-order valence-electron chi connectivity index (χ0n) is 10.5. The van der Waals surface area contributed by atoms with Gasteiger partial charge in [-0.2, -0.15) is 5.10 Å². The molecule has 18 heavy (non-hydrogen) atoms. The van der Waals surface area contributed by atoms with Crippen LogP contribution in [0.25, 0.3) is 0 Å². The molecule has 1 aromatic carbocycles. The van der Waals surface area contributed by atoms with Gasteiger partial charge in [0.1, 0.15) is 11.5 Å². The van der Waals surface area contributed by atoms with E-state index in [1.165, 1.54) is 11.1 Å². The summed E-state index contributed by atoms with van der Waals surface area (Å²) in [6.07, 6.45) is 0. The summed E-state index contributed by atoms with van der Waals surface area (Å²) in [7, 11) is 1.69. The topological polar surface area (TPSA) is 98.1 Å². The minimum atomic E-state index is 0.139. The number of hydrazone groups is 1. The Kier molecular flexibility index (Phi) is 2.78. The van der Waals surface area contributed by atoms with E-state index in [-0.39, 0.29) is 11.6 Å². The van der Waals surface area contributed by atoms with Gasteiger partial charge in [-0.1, -0.05) is 0 Å². The highest BCUT2D eigenvalue weighted by Crippen LogP contribution is 2.30. The number of nitrogens with two attached hydrogens (primary N) is 1. The molecule has 1 aromatic rings. The summed E-state index contributed by atoms with van der Waals surface area (Å²) in [4.78, 5) is 4.36. The third kappa shape index (κ3) is 1.92. The van der Waals surface area contributed by atoms with Crippen molar-refractivity contribution >= 4 is 28.6 Å². The van der Waals surface area contributed by atoms with E-state index in [0.717, 1.165) is 0 Å². The Bertz CT molecular complexity index is 588. The molecule has 0 unspecified atom stereocenters. The first-order valence-electron chi connectivity index (χ1n) is 5.46. The molecule has 94 valence electrons. The summed E-state index contributed by atoms with van der Waals surface area (Å²) >= 11 is 0. The van der Waals surface area contributed by atoms with E-state index in [1.54, 1.807) is 27.0 Å². The van der Waals surface area contributed by atoms with Crippen molar-refractivity contribution < 1.29 is 5.11 Å². The fraction of sp³-hybridized carbons (Fsp3) is 0.250. The Labute approximate surface area is 105 Å². The molecule has 2 rings (SSSR count). The van der Waals surface area contributed by atoms with Gasteiger partial charge in [-0.25, -0.2) is 10.0 Å². The molecule has 0 fully saturated rings. The van der Waals surface area contributed by atoms with Crippen LogP contribution in [0.1, 0.15) is 12.5 Å². The molecular weight excluding hydrogens is 230 g/mol. The largest absolute Gasteiger partial charge is 0.508 e. The lowest BCUT2D eigenvalue weighted by Crippen LogP contribution is -2.23. The minimum absolute atomic E-state index is 0.139. The van der Waals surface area contributed by atoms with E-state index >= 15 is 0 Å². The van der Waals surface area contributed by atoms with Gasteiger partial charge in [0.05, 0.1) is 17.1 Å². The van der Waals surface area contributed by atoms with Crippen LogP contribution in [-0.2, 0) is 0 Å². The highest BCUT2D eigenvalue weighted by molar-refractivity contribution is 6.69. The van der Waals surface area contributed by atoms with Crippen LogP contribution >= 0.6 is 0 Å². The fourth-order valence-electron chi connectivity index (χ4n) is 1.70. The zero-order chi connectivity index (χ0) is 13.4. The van der Waals surface area contributed by atoms with Crippen molar-refractivity contribution in [2.75, 3.05) is 12.8 Å². The van der Waals surface area contributed by atoms with E-state index in [0.29, 0.717) is 28.4 Å². The fourth-order valence-corrected chi connectivity index (χ4v) is 1.70. The van der Waals surface area contributed by atoms with Gasteiger partial charge in [-0.05, 0) is 25.5 Å². The molecule has 1 heterocycles. The lowest BCUT2D eigenvalue weighted by atomic mass is 10.1. The molecule has 1 aliphatic heterocycles. The number of amidine groups is 1. The molecule has 0 amide bonds. The molecule has 4 N–H and O–H groups in total. The number of nitrogens with one attached hydrogen (secondary N) is 1. The van der Waals surface area contributed by atoms with Crippen molar-refractivity contribution in [2.45, 2.75) is 13.8 Å². The number of aliphatic imine (C=N–C) groups is 1. The highest BCUT2D eigenvalue weighted by Gasteiger charge is 2.22. The number of aryl methyl sites for hydroxylation is 1. The maximum Gasteiger partial charge on any atom is 0.169 e. The van der Waals surface area contributed by atoms with Crippen LogP contribution in [0.4, 0.5) is 11.4 Å². The SMILES string of the molecule is CC1=NN(C)C(=N)C1=Nc1cc(C)c(O)cc1N. The van der Waals surface area contributed by atoms with E-state index in [9.17, 15) is 5.11 Å². The maximum atomic E-state index is 9.53. The van der Waals surface area contributed by atoms with Gasteiger partial charge < -0.3 is 10.8 Å². The van der Waals surface area contributed by atoms with Gasteiger partial charge in [0.2, 0.25) is 0 Å². The van der Waals surface area contributed by atoms with Gasteiger partial charge in [0.15, 0.2) is 5.84 Å². The van der Waals surface area contributed by atoms with E-state index in [4.69, 9.17) is 11.1 Å². The number of hydrogen-bond acceptors (Lipinski definition) is 5. The Morgan fingerprint density at radius 1 is 1.39 bits per heavy atom. The summed E-state index contributed by atoms with van der Waals surface area (Å²) in [5.74, 6) is 0.373. The monoisotopic (exact) mass is 245 g/mol. The van der Waals surface area contributed by atoms with Gasteiger partial charge in [-0.3, -0.25) is 5.41 Å². The maximum absolute atomic E-state index is 9.53. The Balaban J connectivity index is 2.49. The summed E-state index contributed by atoms with van der Waals surface area (Å²) in [6.45, 7) is 3.56. The number of phenols is 1. The first-order chi connectivity index (χ1) is 8.40. The van der Waals surface area contributed by atoms with E-state index in [2.05, 4.69) is 10.1 Å². The molecular formula is C12H15N5O. The molecule has 0 saturated carbocycles. The number of phenolic OH excluding ortho intramolecular Hbond substituents is 1. The van der Waals surface area contributed by atoms with Crippen molar-refractivity contribution in [3.05, 3.63) is 17.7 Å². The van der Waals surface area contributed by atoms with Gasteiger partial charge in [-0.15, -0.1) is 0 Å². The predicted molar refractivity (Wildman–Crippen MR) is 72.9 cm³/mol. The van der Waals surface area contributed by atoms with Crippen LogP contribution in [-0.4, -0.2) is 34.4 Å². The van der Waals surface area contributed by atoms with Crippen molar-refractivity contribution in [2.24, 2.45) is 10.1 Å². The smallest absolute Gasteiger partial charge is 0.169 e. The molecule has 0 aromatic heterocycles. The normalized spacial score (nSPS) is 17.5. The summed E-state index contributed by atoms with van der Waals surface area (Å²) < 4.78 is 0. The van der Waals surface area contributed by atoms with Crippen LogP contribution in [0.5, 0.6) is 5.75 Å². The third-order valence-electron chi connectivity index (χ3n) is 2.77. The van der Waals surface area contributed by atoms with Gasteiger partial charge >= 0.3 is 0 Å². The molecule has 6 nitrogen and oxygen atoms in total. The predicted octanol–water partition coefficient (Wildman–Crippen LogP) is 1.65. The number of hydrogen-bond donors (Lipinski definition) is 3. The van der Waals surface area contributed by atoms with Crippen molar-refractivity contribution in [3.8, 4) is 5.75 Å². The number of anilines is 1. The molecule has 0 saturated heterocycles. The molecule has 6 heteroatoms. The quantitative estimate of drug-likeness (QED) is 0.656. The van der Waals surface area contributed by atoms with Crippen molar-refractivity contribution in [1.82, 2.24) is 5.01 Å². The lowest BCUT2D eigenvalue weighted by molar-refractivity contribution is 0.471. The number of nitrogens with zero attached hydrogens (tertiary/aromatic N) is 3. The summed E-state index contributed by atoms with van der Waals surface area (Å²) in [5, 5.41) is 23.0. The average molecular weight is 245 g/mol. The third-order valence-corrected chi connectivity index (χ3v) is 2.77. The number of rotatable bonds is 1. The van der Waals surface area contributed by atoms with Crippen LogP contribution in [0.3, 0.4) is 0 Å². The first-order valence-corrected chi connectivity index (χ1v) is 5.46. The second-order valence-corrected chi connectivity index (χ2v) is 4.22. The summed E-state index contributed by atoms with van der Waals surface area (Å²) in [5.41, 5.74) is 8.57. The number of nitrogen functional groups attached to an aromatic ring is 1. The number of benzene rings is 1. The average Bonchev–Trinajstić information content (AvgIpc) is 2.52. The van der Waals surface area contributed by atoms with Gasteiger partial charge in [0, 0.05) is 13.1 Å². The molecule has 0 spiro atoms. The standard InChI is InChI=1S/C12H15N5O/c1-6-4-9(8(13)5-10(6)18)15-11-7(2)16-17(3)12(11)14/h4-5,14,18H,13H2,1-3H3. The van der Waals surface area contributed by atoms with Crippen LogP contribution in [0.15, 0.2) is 22.2 Å². The molecule has 0 aliphatic carbocycles. The van der Waals surface area contributed by atoms with Crippen molar-refractivity contribution in [1.29, 1.82) is 5.41 Å². The second-order valence-electron chi connectivity index (χ2n) is 4.22. The summed E-state index contributed by atoms with van der Waals surface area (Å²) in [6, 6.07) is 3.15. The Morgan fingerprint density at radius 3 is 2.61 bits per heavy atom. The molecule has 0 atom stereocenters. The Hall–Kier alpha value is -2.37. The molecule has 1 aliphatic rings. The van der Waals surface area contributed by atoms with Gasteiger partial charge in [0.25, 0.3) is 0 Å². The van der Waals surface area contributed by atoms with Crippen LogP contribution in [0.2, 0.25) is 0 Å². The zero-order valence-corrected chi connectivity index (χ0v) is 10.5. The van der Waals surface area contributed by atoms with E-state index < -0.39 is 0 Å². The second kappa shape index (κ2) is 4.14. The highest BCUT2D eigenvalue weighted by atomic mass is 16.3. The number of aromatic hydroxyl groups is 1. The van der Waals surface area contributed by atoms with Crippen molar-refractivity contribution in [3.63, 3.8) is 0 Å². The minimum Gasteiger partial charge on any atom is -0.508 e. The molecule has 0 bridgehead atoms. The van der Waals surface area contributed by atoms with Crippen LogP contribution in [0, 0.1) is 12.3 Å². The van der Waals surface area contributed by atoms with Crippen LogP contribution < -0.4 is 5.73 Å². The Morgan fingerprint density at radius 2 is 2.06 bits per heavy atom. The lowest BCUT2D eigenvalue weighted by Gasteiger charge is -2.07. The first kappa shape index (κ1) is 12.1.